The van der Waals surface area contributed by atoms with E-state index in [4.69, 9.17) is 5.11 Å². The van der Waals surface area contributed by atoms with Crippen LogP contribution in [0.4, 0.5) is 0 Å². The molecule has 0 atom stereocenters. The largest absolute Gasteiger partial charge is 0.545 e. The number of hydrogen-bond acceptors (Lipinski definition) is 5. The van der Waals surface area contributed by atoms with Crippen LogP contribution in [0.3, 0.4) is 0 Å². The molecule has 0 spiro atoms. The summed E-state index contributed by atoms with van der Waals surface area (Å²) in [7, 11) is -6.07. The molecule has 0 saturated heterocycles. The van der Waals surface area contributed by atoms with E-state index in [2.05, 4.69) is 121 Å². The number of hydrogen-bond donors (Lipinski definition) is 1. The number of aromatic carboxylic acids is 2. The minimum absolute atomic E-state index is 0.425. The van der Waals surface area contributed by atoms with Gasteiger partial charge in [0.15, 0.2) is 0 Å². The maximum Gasteiger partial charge on any atom is 0.337 e. The fourth-order valence-electron chi connectivity index (χ4n) is 5.49. The maximum atomic E-state index is 12.5. The molecule has 0 fully saturated rings. The number of carboxylic acids is 2. The molecule has 0 bridgehead atoms. The Bertz CT molecular complexity index is 1910. The molecule has 0 radical (unpaired) electrons. The molecule has 0 aliphatic carbocycles. The predicted octanol–water partition coefficient (Wildman–Crippen LogP) is 5.76. The Balaban J connectivity index is 0.000000189. The molecule has 1 N–H and O–H groups in total. The van der Waals surface area contributed by atoms with Crippen LogP contribution in [-0.4, -0.2) is 25.5 Å². The first kappa shape index (κ1) is 33.0. The Labute approximate surface area is 274 Å². The fourth-order valence-corrected chi connectivity index (χ4v) is 11.4. The van der Waals surface area contributed by atoms with Gasteiger partial charge in [0.25, 0.3) is 0 Å². The highest BCUT2D eigenvalue weighted by molar-refractivity contribution is 7.95. The zero-order valence-corrected chi connectivity index (χ0v) is 26.9. The Kier molecular flexibility index (Phi) is 10.4. The van der Waals surface area contributed by atoms with Crippen LogP contribution in [0.5, 0.6) is 0 Å². The van der Waals surface area contributed by atoms with Gasteiger partial charge in [0.1, 0.15) is 23.2 Å². The topological polar surface area (TPSA) is 112 Å². The summed E-state index contributed by atoms with van der Waals surface area (Å²) in [6.45, 7) is 0. The third-order valence-electron chi connectivity index (χ3n) is 7.66. The SMILES string of the molecule is O=C([O-])c1ccccc1S(=O)(=O)c1ccccc1C(=O)O.c1ccc(C[P+](c2ccccc2)(c2ccccc2)c2ccccc2)cc1. The fraction of sp³-hybridized carbons (Fsp3) is 0.0256. The maximum absolute atomic E-state index is 12.5. The van der Waals surface area contributed by atoms with Crippen molar-refractivity contribution in [3.8, 4) is 0 Å². The van der Waals surface area contributed by atoms with E-state index in [-0.39, 0.29) is 0 Å². The van der Waals surface area contributed by atoms with Crippen molar-refractivity contribution in [1.82, 2.24) is 0 Å². The highest BCUT2D eigenvalue weighted by Gasteiger charge is 2.45. The van der Waals surface area contributed by atoms with E-state index in [1.165, 1.54) is 45.7 Å². The standard InChI is InChI=1S/C25H22P.C14H10O6S/c1-5-13-22(14-6-1)21-26(23-15-7-2-8-16-23,24-17-9-3-10-18-24)25-19-11-4-12-20-25;15-13(16)9-5-1-3-7-11(9)21(19,20)12-8-4-2-6-10(12)14(17)18/h1-20H,21H2;1-8H,(H,15,16)(H,17,18)/q+1;/p-1. The Hall–Kier alpha value is -5.36. The summed E-state index contributed by atoms with van der Waals surface area (Å²) in [5, 5.41) is 24.4. The lowest BCUT2D eigenvalue weighted by molar-refractivity contribution is -0.255. The van der Waals surface area contributed by atoms with Crippen LogP contribution < -0.4 is 21.0 Å². The van der Waals surface area contributed by atoms with Crippen LogP contribution in [-0.2, 0) is 16.0 Å². The summed E-state index contributed by atoms with van der Waals surface area (Å²) in [5.41, 5.74) is 0.445. The molecule has 0 unspecified atom stereocenters. The van der Waals surface area contributed by atoms with Gasteiger partial charge in [-0.05, 0) is 60.2 Å². The van der Waals surface area contributed by atoms with Gasteiger partial charge in [0.2, 0.25) is 9.84 Å². The molecule has 8 heteroatoms. The summed E-state index contributed by atoms with van der Waals surface area (Å²) in [6, 6.07) is 53.9. The van der Waals surface area contributed by atoms with Crippen molar-refractivity contribution in [3.05, 3.63) is 187 Å². The second-order valence-electron chi connectivity index (χ2n) is 10.5. The van der Waals surface area contributed by atoms with Crippen LogP contribution in [0.25, 0.3) is 0 Å². The van der Waals surface area contributed by atoms with Crippen LogP contribution in [0.2, 0.25) is 0 Å². The van der Waals surface area contributed by atoms with E-state index in [0.29, 0.717) is 0 Å². The van der Waals surface area contributed by atoms with Gasteiger partial charge in [-0.15, -0.1) is 0 Å². The van der Waals surface area contributed by atoms with Crippen molar-refractivity contribution in [1.29, 1.82) is 0 Å². The average Bonchev–Trinajstić information content (AvgIpc) is 3.12. The lowest BCUT2D eigenvalue weighted by atomic mass is 10.2. The van der Waals surface area contributed by atoms with Crippen molar-refractivity contribution < 1.29 is 28.2 Å². The number of carbonyl (C=O) groups excluding carboxylic acids is 1. The number of sulfone groups is 1. The quantitative estimate of drug-likeness (QED) is 0.198. The highest BCUT2D eigenvalue weighted by atomic mass is 32.2. The number of rotatable bonds is 9. The van der Waals surface area contributed by atoms with Gasteiger partial charge in [-0.3, -0.25) is 0 Å². The molecular formula is C39H31O6PS. The van der Waals surface area contributed by atoms with Crippen LogP contribution in [0.1, 0.15) is 26.3 Å². The first-order chi connectivity index (χ1) is 22.7. The first-order valence-corrected chi connectivity index (χ1v) is 18.2. The van der Waals surface area contributed by atoms with Crippen molar-refractivity contribution in [2.45, 2.75) is 16.0 Å². The lowest BCUT2D eigenvalue weighted by Gasteiger charge is -2.27. The number of carboxylic acid groups (broad SMARTS) is 2. The smallest absolute Gasteiger partial charge is 0.337 e. The Morgan fingerprint density at radius 1 is 0.511 bits per heavy atom. The number of carbonyl (C=O) groups is 2. The van der Waals surface area contributed by atoms with Crippen molar-refractivity contribution in [2.24, 2.45) is 0 Å². The second kappa shape index (κ2) is 14.8. The van der Waals surface area contributed by atoms with Crippen molar-refractivity contribution in [3.63, 3.8) is 0 Å². The number of benzene rings is 6. The molecule has 0 saturated carbocycles. The molecule has 6 aromatic rings. The van der Waals surface area contributed by atoms with E-state index in [1.54, 1.807) is 0 Å². The molecule has 234 valence electrons. The molecule has 0 aliphatic rings. The Morgan fingerprint density at radius 2 is 0.851 bits per heavy atom. The minimum atomic E-state index is -4.29. The van der Waals surface area contributed by atoms with Crippen molar-refractivity contribution in [2.75, 3.05) is 0 Å². The van der Waals surface area contributed by atoms with E-state index < -0.39 is 50.0 Å². The molecule has 0 aliphatic heterocycles. The zero-order valence-electron chi connectivity index (χ0n) is 25.2. The van der Waals surface area contributed by atoms with Gasteiger partial charge in [-0.25, -0.2) is 13.2 Å². The zero-order chi connectivity index (χ0) is 33.3. The molecule has 0 amide bonds. The van der Waals surface area contributed by atoms with E-state index in [1.807, 2.05) is 0 Å². The minimum Gasteiger partial charge on any atom is -0.545 e. The molecule has 6 nitrogen and oxygen atoms in total. The highest BCUT2D eigenvalue weighted by Crippen LogP contribution is 2.58. The van der Waals surface area contributed by atoms with Gasteiger partial charge in [-0.2, -0.15) is 0 Å². The normalized spacial score (nSPS) is 11.1. The van der Waals surface area contributed by atoms with Gasteiger partial charge in [0.05, 0.1) is 27.5 Å². The van der Waals surface area contributed by atoms with E-state index in [0.717, 1.165) is 30.4 Å². The van der Waals surface area contributed by atoms with Crippen LogP contribution in [0, 0.1) is 0 Å². The molecule has 6 rings (SSSR count). The van der Waals surface area contributed by atoms with Crippen molar-refractivity contribution >= 4 is 45.0 Å². The summed E-state index contributed by atoms with van der Waals surface area (Å²) < 4.78 is 25.1. The molecule has 0 aromatic heterocycles. The summed E-state index contributed by atoms with van der Waals surface area (Å²) in [4.78, 5) is 21.2. The van der Waals surface area contributed by atoms with Crippen LogP contribution in [0.15, 0.2) is 180 Å². The van der Waals surface area contributed by atoms with E-state index >= 15 is 0 Å². The third-order valence-corrected chi connectivity index (χ3v) is 13.9. The average molecular weight is 659 g/mol. The molecule has 0 heterocycles. The van der Waals surface area contributed by atoms with E-state index in [9.17, 15) is 23.1 Å². The summed E-state index contributed by atoms with van der Waals surface area (Å²) >= 11 is 0. The predicted molar refractivity (Wildman–Crippen MR) is 185 cm³/mol. The molecule has 47 heavy (non-hydrogen) atoms. The molecular weight excluding hydrogens is 627 g/mol. The van der Waals surface area contributed by atoms with Gasteiger partial charge in [-0.1, -0.05) is 115 Å². The van der Waals surface area contributed by atoms with Crippen LogP contribution >= 0.6 is 7.26 Å². The molecule has 6 aromatic carbocycles. The second-order valence-corrected chi connectivity index (χ2v) is 15.9. The summed E-state index contributed by atoms with van der Waals surface area (Å²) in [5.74, 6) is -3.07. The van der Waals surface area contributed by atoms with Gasteiger partial charge >= 0.3 is 5.97 Å². The Morgan fingerprint density at radius 3 is 1.26 bits per heavy atom. The monoisotopic (exact) mass is 658 g/mol. The first-order valence-electron chi connectivity index (χ1n) is 14.7. The summed E-state index contributed by atoms with van der Waals surface area (Å²) in [6.07, 6.45) is 1.03. The van der Waals surface area contributed by atoms with Gasteiger partial charge < -0.3 is 15.0 Å². The van der Waals surface area contributed by atoms with Gasteiger partial charge in [0, 0.05) is 5.56 Å². The lowest BCUT2D eigenvalue weighted by Crippen LogP contribution is -2.32. The third kappa shape index (κ3) is 7.23.